The summed E-state index contributed by atoms with van der Waals surface area (Å²) >= 11 is 3.58. The maximum absolute atomic E-state index is 11.0. The van der Waals surface area contributed by atoms with Crippen molar-refractivity contribution in [2.75, 3.05) is 14.2 Å². The van der Waals surface area contributed by atoms with Crippen LogP contribution in [0.3, 0.4) is 0 Å². The molecule has 6 heteroatoms. The first-order chi connectivity index (χ1) is 12.7. The summed E-state index contributed by atoms with van der Waals surface area (Å²) in [7, 11) is 3.23. The first-order valence-corrected chi connectivity index (χ1v) is 9.29. The van der Waals surface area contributed by atoms with Crippen molar-refractivity contribution < 1.29 is 14.4 Å². The molecule has 2 rings (SSSR count). The van der Waals surface area contributed by atoms with Crippen molar-refractivity contribution in [1.29, 1.82) is 0 Å². The number of rotatable bonds is 6. The summed E-state index contributed by atoms with van der Waals surface area (Å²) in [5.41, 5.74) is 3.62. The average molecular weight is 434 g/mol. The monoisotopic (exact) mass is 433 g/mol. The van der Waals surface area contributed by atoms with Crippen LogP contribution in [0.25, 0.3) is 12.2 Å². The van der Waals surface area contributed by atoms with Gasteiger partial charge in [0.2, 0.25) is 0 Å². The van der Waals surface area contributed by atoms with Crippen LogP contribution >= 0.6 is 15.9 Å². The molecular weight excluding hydrogens is 410 g/mol. The van der Waals surface area contributed by atoms with Gasteiger partial charge in [0.15, 0.2) is 0 Å². The highest BCUT2D eigenvalue weighted by Gasteiger charge is 2.21. The standard InChI is InChI=1S/C21H24BrNO4/c1-21(2,3)19-12-17(22)10-15(20(19)27-5)7-6-14-8-9-18(23(24)25)11-16(14)13-26-4/h6-12H,13H2,1-5H3. The SMILES string of the molecule is COCc1cc([N+](=O)[O-])ccc1C=Cc1cc(Br)cc(C(C)(C)C)c1OC. The van der Waals surface area contributed by atoms with Crippen molar-refractivity contribution in [3.8, 4) is 5.75 Å². The van der Waals surface area contributed by atoms with Crippen LogP contribution < -0.4 is 4.74 Å². The van der Waals surface area contributed by atoms with Crippen LogP contribution in [0.2, 0.25) is 0 Å². The van der Waals surface area contributed by atoms with Crippen molar-refractivity contribution in [1.82, 2.24) is 0 Å². The third-order valence-corrected chi connectivity index (χ3v) is 4.63. The molecule has 0 aliphatic carbocycles. The molecule has 0 spiro atoms. The molecule has 0 bridgehead atoms. The second-order valence-electron chi connectivity index (χ2n) is 7.23. The lowest BCUT2D eigenvalue weighted by Crippen LogP contribution is -2.13. The maximum Gasteiger partial charge on any atom is 0.269 e. The van der Waals surface area contributed by atoms with E-state index in [1.165, 1.54) is 6.07 Å². The smallest absolute Gasteiger partial charge is 0.269 e. The van der Waals surface area contributed by atoms with Crippen LogP contribution in [0.15, 0.2) is 34.8 Å². The van der Waals surface area contributed by atoms with Crippen molar-refractivity contribution >= 4 is 33.8 Å². The normalized spacial score (nSPS) is 11.8. The Morgan fingerprint density at radius 1 is 1.11 bits per heavy atom. The van der Waals surface area contributed by atoms with Crippen molar-refractivity contribution in [3.63, 3.8) is 0 Å². The minimum atomic E-state index is -0.403. The Kier molecular flexibility index (Phi) is 6.78. The van der Waals surface area contributed by atoms with E-state index in [4.69, 9.17) is 9.47 Å². The van der Waals surface area contributed by atoms with Gasteiger partial charge in [-0.25, -0.2) is 0 Å². The van der Waals surface area contributed by atoms with E-state index in [9.17, 15) is 10.1 Å². The quantitative estimate of drug-likeness (QED) is 0.319. The van der Waals surface area contributed by atoms with Crippen LogP contribution in [0.4, 0.5) is 5.69 Å². The van der Waals surface area contributed by atoms with Gasteiger partial charge in [-0.15, -0.1) is 0 Å². The number of methoxy groups -OCH3 is 2. The predicted molar refractivity (Wildman–Crippen MR) is 112 cm³/mol. The molecule has 0 unspecified atom stereocenters. The van der Waals surface area contributed by atoms with E-state index in [2.05, 4.69) is 42.8 Å². The second kappa shape index (κ2) is 8.67. The summed E-state index contributed by atoms with van der Waals surface area (Å²) in [6.45, 7) is 6.71. The molecule has 27 heavy (non-hydrogen) atoms. The fourth-order valence-electron chi connectivity index (χ4n) is 2.85. The molecule has 2 aromatic rings. The fraction of sp³-hybridized carbons (Fsp3) is 0.333. The summed E-state index contributed by atoms with van der Waals surface area (Å²) in [5.74, 6) is 0.817. The van der Waals surface area contributed by atoms with Gasteiger partial charge in [-0.1, -0.05) is 48.9 Å². The number of nitro benzene ring substituents is 1. The molecule has 0 aliphatic rings. The van der Waals surface area contributed by atoms with Crippen LogP contribution in [0.1, 0.15) is 43.0 Å². The van der Waals surface area contributed by atoms with Crippen LogP contribution in [-0.4, -0.2) is 19.1 Å². The van der Waals surface area contributed by atoms with Crippen LogP contribution in [0, 0.1) is 10.1 Å². The Labute approximate surface area is 168 Å². The van der Waals surface area contributed by atoms with E-state index in [-0.39, 0.29) is 11.1 Å². The molecule has 0 N–H and O–H groups in total. The van der Waals surface area contributed by atoms with E-state index < -0.39 is 4.92 Å². The molecule has 144 valence electrons. The largest absolute Gasteiger partial charge is 0.496 e. The van der Waals surface area contributed by atoms with Crippen LogP contribution in [-0.2, 0) is 16.8 Å². The van der Waals surface area contributed by atoms with Gasteiger partial charge in [-0.3, -0.25) is 10.1 Å². The van der Waals surface area contributed by atoms with E-state index in [0.29, 0.717) is 6.61 Å². The summed E-state index contributed by atoms with van der Waals surface area (Å²) in [6.07, 6.45) is 3.88. The van der Waals surface area contributed by atoms with Gasteiger partial charge in [-0.2, -0.15) is 0 Å². The van der Waals surface area contributed by atoms with Gasteiger partial charge in [0.25, 0.3) is 5.69 Å². The Balaban J connectivity index is 2.52. The second-order valence-corrected chi connectivity index (χ2v) is 8.15. The lowest BCUT2D eigenvalue weighted by atomic mass is 9.85. The van der Waals surface area contributed by atoms with E-state index in [1.807, 2.05) is 18.2 Å². The van der Waals surface area contributed by atoms with Crippen LogP contribution in [0.5, 0.6) is 5.75 Å². The number of non-ortho nitro benzene ring substituents is 1. The Hall–Kier alpha value is -2.18. The molecule has 0 heterocycles. The van der Waals surface area contributed by atoms with E-state index in [1.54, 1.807) is 26.4 Å². The van der Waals surface area contributed by atoms with Crippen molar-refractivity contribution in [2.24, 2.45) is 0 Å². The highest BCUT2D eigenvalue weighted by atomic mass is 79.9. The minimum Gasteiger partial charge on any atom is -0.496 e. The third kappa shape index (κ3) is 5.17. The molecule has 0 saturated carbocycles. The molecule has 0 saturated heterocycles. The fourth-order valence-corrected chi connectivity index (χ4v) is 3.33. The number of benzene rings is 2. The molecular formula is C21H24BrNO4. The zero-order valence-electron chi connectivity index (χ0n) is 16.2. The van der Waals surface area contributed by atoms with Gasteiger partial charge >= 0.3 is 0 Å². The maximum atomic E-state index is 11.0. The predicted octanol–water partition coefficient (Wildman–Crippen LogP) is 5.98. The number of halogens is 1. The topological polar surface area (TPSA) is 61.6 Å². The molecule has 2 aromatic carbocycles. The summed E-state index contributed by atoms with van der Waals surface area (Å²) < 4.78 is 11.8. The van der Waals surface area contributed by atoms with Crippen molar-refractivity contribution in [2.45, 2.75) is 32.8 Å². The van der Waals surface area contributed by atoms with Gasteiger partial charge in [0, 0.05) is 34.8 Å². The number of hydrogen-bond acceptors (Lipinski definition) is 4. The Morgan fingerprint density at radius 3 is 2.33 bits per heavy atom. The summed E-state index contributed by atoms with van der Waals surface area (Å²) in [6, 6.07) is 8.84. The van der Waals surface area contributed by atoms with E-state index in [0.717, 1.165) is 32.5 Å². The molecule has 5 nitrogen and oxygen atoms in total. The van der Waals surface area contributed by atoms with E-state index >= 15 is 0 Å². The zero-order valence-corrected chi connectivity index (χ0v) is 17.8. The summed E-state index contributed by atoms with van der Waals surface area (Å²) in [4.78, 5) is 10.6. The van der Waals surface area contributed by atoms with Gasteiger partial charge in [0.05, 0.1) is 18.6 Å². The van der Waals surface area contributed by atoms with Gasteiger partial charge < -0.3 is 9.47 Å². The lowest BCUT2D eigenvalue weighted by molar-refractivity contribution is -0.384. The molecule has 0 radical (unpaired) electrons. The zero-order chi connectivity index (χ0) is 20.2. The number of ether oxygens (including phenoxy) is 2. The third-order valence-electron chi connectivity index (χ3n) is 4.17. The average Bonchev–Trinajstić information content (AvgIpc) is 2.59. The number of nitrogens with zero attached hydrogens (tertiary/aromatic N) is 1. The lowest BCUT2D eigenvalue weighted by Gasteiger charge is -2.24. The summed E-state index contributed by atoms with van der Waals surface area (Å²) in [5, 5.41) is 11.0. The first kappa shape index (κ1) is 21.1. The van der Waals surface area contributed by atoms with Crippen molar-refractivity contribution in [3.05, 3.63) is 67.2 Å². The molecule has 0 aromatic heterocycles. The van der Waals surface area contributed by atoms with Gasteiger partial charge in [0.1, 0.15) is 5.75 Å². The first-order valence-electron chi connectivity index (χ1n) is 8.49. The highest BCUT2D eigenvalue weighted by Crippen LogP contribution is 2.37. The number of hydrogen-bond donors (Lipinski definition) is 0. The molecule has 0 fully saturated rings. The Morgan fingerprint density at radius 2 is 1.78 bits per heavy atom. The number of nitro groups is 1. The molecule has 0 amide bonds. The highest BCUT2D eigenvalue weighted by molar-refractivity contribution is 9.10. The molecule has 0 atom stereocenters. The minimum absolute atomic E-state index is 0.0502. The van der Waals surface area contributed by atoms with Gasteiger partial charge in [-0.05, 0) is 34.7 Å². The Bertz CT molecular complexity index is 869. The molecule has 0 aliphatic heterocycles.